The van der Waals surface area contributed by atoms with Crippen molar-refractivity contribution in [3.05, 3.63) is 51.8 Å². The number of nitrogen functional groups attached to an aromatic ring is 1. The van der Waals surface area contributed by atoms with Gasteiger partial charge in [0.15, 0.2) is 16.6 Å². The van der Waals surface area contributed by atoms with Gasteiger partial charge in [-0.05, 0) is 68.0 Å². The van der Waals surface area contributed by atoms with E-state index in [9.17, 15) is 22.4 Å². The van der Waals surface area contributed by atoms with Crippen molar-refractivity contribution in [2.24, 2.45) is 5.92 Å². The fourth-order valence-electron chi connectivity index (χ4n) is 4.12. The highest BCUT2D eigenvalue weighted by molar-refractivity contribution is 7.17. The fraction of sp³-hybridized carbons (Fsp3) is 0.391. The molecule has 186 valence electrons. The van der Waals surface area contributed by atoms with Gasteiger partial charge in [-0.2, -0.15) is 13.2 Å². The molecule has 0 bridgehead atoms. The molecule has 2 aromatic heterocycles. The molecule has 4 rings (SSSR count). The standard InChI is InChI=1S/C23H24F4N6OS/c1-12-13(2)20(32-31-17(12)15-3-5-16(24)6-4-15)33-9-7-14(8-10-33)11-29-21(34)18-19(23(25,26)27)30-22(28)35-18/h3-6,14H,7-11H2,1-2H3,(H2,28,30)(H,29,34). The quantitative estimate of drug-likeness (QED) is 0.489. The van der Waals surface area contributed by atoms with Gasteiger partial charge >= 0.3 is 6.18 Å². The van der Waals surface area contributed by atoms with Crippen LogP contribution in [0.3, 0.4) is 0 Å². The summed E-state index contributed by atoms with van der Waals surface area (Å²) in [5.41, 5.74) is 7.57. The highest BCUT2D eigenvalue weighted by Crippen LogP contribution is 2.35. The van der Waals surface area contributed by atoms with Gasteiger partial charge in [0.05, 0.1) is 5.69 Å². The number of nitrogens with one attached hydrogen (secondary N) is 1. The summed E-state index contributed by atoms with van der Waals surface area (Å²) in [5.74, 6) is -0.250. The van der Waals surface area contributed by atoms with Gasteiger partial charge in [-0.3, -0.25) is 4.79 Å². The number of carbonyl (C=O) groups excluding carboxylic acids is 1. The monoisotopic (exact) mass is 508 g/mol. The van der Waals surface area contributed by atoms with Crippen LogP contribution in [0, 0.1) is 25.6 Å². The van der Waals surface area contributed by atoms with E-state index in [0.717, 1.165) is 35.3 Å². The van der Waals surface area contributed by atoms with Crippen LogP contribution in [0.1, 0.15) is 39.3 Å². The zero-order valence-corrected chi connectivity index (χ0v) is 19.9. The first-order valence-electron chi connectivity index (χ1n) is 11.0. The summed E-state index contributed by atoms with van der Waals surface area (Å²) >= 11 is 0.529. The third-order valence-electron chi connectivity index (χ3n) is 6.20. The number of nitrogens with two attached hydrogens (primary N) is 1. The molecule has 35 heavy (non-hydrogen) atoms. The number of carbonyl (C=O) groups is 1. The number of benzene rings is 1. The van der Waals surface area contributed by atoms with Gasteiger partial charge in [-0.15, -0.1) is 10.2 Å². The molecule has 0 unspecified atom stereocenters. The van der Waals surface area contributed by atoms with Gasteiger partial charge in [0.1, 0.15) is 10.7 Å². The van der Waals surface area contributed by atoms with Gasteiger partial charge in [0.25, 0.3) is 5.91 Å². The minimum absolute atomic E-state index is 0.114. The van der Waals surface area contributed by atoms with Gasteiger partial charge in [0.2, 0.25) is 0 Å². The van der Waals surface area contributed by atoms with Gasteiger partial charge in [0, 0.05) is 25.2 Å². The first kappa shape index (κ1) is 24.8. The molecular weight excluding hydrogens is 484 g/mol. The van der Waals surface area contributed by atoms with Crippen LogP contribution < -0.4 is 16.0 Å². The molecule has 1 amide bonds. The SMILES string of the molecule is Cc1c(-c2ccc(F)cc2)nnc(N2CCC(CNC(=O)c3sc(N)nc3C(F)(F)F)CC2)c1C. The summed E-state index contributed by atoms with van der Waals surface area (Å²) in [6, 6.07) is 6.11. The molecule has 1 aromatic carbocycles. The summed E-state index contributed by atoms with van der Waals surface area (Å²) in [7, 11) is 0. The largest absolute Gasteiger partial charge is 0.435 e. The topological polar surface area (TPSA) is 97.0 Å². The molecule has 3 heterocycles. The van der Waals surface area contributed by atoms with E-state index in [-0.39, 0.29) is 23.4 Å². The van der Waals surface area contributed by atoms with Crippen molar-refractivity contribution >= 4 is 28.2 Å². The summed E-state index contributed by atoms with van der Waals surface area (Å²) in [6.45, 7) is 5.53. The normalized spacial score (nSPS) is 14.9. The number of amides is 1. The Hall–Kier alpha value is -3.28. The molecule has 1 aliphatic heterocycles. The van der Waals surface area contributed by atoms with E-state index in [1.54, 1.807) is 12.1 Å². The van der Waals surface area contributed by atoms with Crippen molar-refractivity contribution in [2.45, 2.75) is 32.9 Å². The van der Waals surface area contributed by atoms with Crippen molar-refractivity contribution in [1.82, 2.24) is 20.5 Å². The lowest BCUT2D eigenvalue weighted by Gasteiger charge is -2.33. The first-order valence-corrected chi connectivity index (χ1v) is 11.8. The zero-order chi connectivity index (χ0) is 25.3. The number of halogens is 4. The number of hydrogen-bond donors (Lipinski definition) is 2. The summed E-state index contributed by atoms with van der Waals surface area (Å²) in [5, 5.41) is 11.1. The van der Waals surface area contributed by atoms with E-state index in [1.807, 2.05) is 13.8 Å². The number of aromatic nitrogens is 3. The molecular formula is C23H24F4N6OS. The maximum Gasteiger partial charge on any atom is 0.435 e. The summed E-state index contributed by atoms with van der Waals surface area (Å²) in [4.78, 5) is 17.2. The Morgan fingerprint density at radius 1 is 1.14 bits per heavy atom. The minimum atomic E-state index is -4.74. The van der Waals surface area contributed by atoms with E-state index in [2.05, 4.69) is 25.4 Å². The summed E-state index contributed by atoms with van der Waals surface area (Å²) < 4.78 is 52.5. The second kappa shape index (κ2) is 9.76. The number of hydrogen-bond acceptors (Lipinski definition) is 7. The Morgan fingerprint density at radius 2 is 1.80 bits per heavy atom. The van der Waals surface area contributed by atoms with E-state index in [0.29, 0.717) is 30.1 Å². The van der Waals surface area contributed by atoms with Crippen LogP contribution in [0.25, 0.3) is 11.3 Å². The third-order valence-corrected chi connectivity index (χ3v) is 7.08. The van der Waals surface area contributed by atoms with Crippen LogP contribution in [0.4, 0.5) is 28.5 Å². The van der Waals surface area contributed by atoms with E-state index in [4.69, 9.17) is 5.73 Å². The zero-order valence-electron chi connectivity index (χ0n) is 19.1. The predicted octanol–water partition coefficient (Wildman–Crippen LogP) is 4.60. The average molecular weight is 509 g/mol. The lowest BCUT2D eigenvalue weighted by molar-refractivity contribution is -0.141. The van der Waals surface area contributed by atoms with Gasteiger partial charge in [-0.1, -0.05) is 11.3 Å². The maximum atomic E-state index is 13.3. The maximum absolute atomic E-state index is 13.3. The van der Waals surface area contributed by atoms with Crippen LogP contribution >= 0.6 is 11.3 Å². The van der Waals surface area contributed by atoms with Crippen molar-refractivity contribution in [1.29, 1.82) is 0 Å². The minimum Gasteiger partial charge on any atom is -0.375 e. The van der Waals surface area contributed by atoms with Crippen molar-refractivity contribution in [2.75, 3.05) is 30.3 Å². The Morgan fingerprint density at radius 3 is 2.43 bits per heavy atom. The van der Waals surface area contributed by atoms with E-state index >= 15 is 0 Å². The average Bonchev–Trinajstić information content (AvgIpc) is 3.23. The third kappa shape index (κ3) is 5.37. The highest BCUT2D eigenvalue weighted by atomic mass is 32.1. The molecule has 0 atom stereocenters. The molecule has 0 saturated carbocycles. The molecule has 3 N–H and O–H groups in total. The van der Waals surface area contributed by atoms with Crippen LogP contribution in [0.5, 0.6) is 0 Å². The highest BCUT2D eigenvalue weighted by Gasteiger charge is 2.39. The fourth-order valence-corrected chi connectivity index (χ4v) is 4.89. The van der Waals surface area contributed by atoms with Crippen LogP contribution in [-0.4, -0.2) is 40.7 Å². The van der Waals surface area contributed by atoms with Crippen LogP contribution in [-0.2, 0) is 6.18 Å². The molecule has 0 aliphatic carbocycles. The van der Waals surface area contributed by atoms with Crippen LogP contribution in [0.2, 0.25) is 0 Å². The second-order valence-electron chi connectivity index (χ2n) is 8.50. The van der Waals surface area contributed by atoms with E-state index in [1.165, 1.54) is 12.1 Å². The van der Waals surface area contributed by atoms with Crippen LogP contribution in [0.15, 0.2) is 24.3 Å². The van der Waals surface area contributed by atoms with Gasteiger partial charge < -0.3 is 16.0 Å². The number of rotatable bonds is 5. The number of alkyl halides is 3. The Kier molecular flexibility index (Phi) is 6.93. The smallest absolute Gasteiger partial charge is 0.375 e. The molecule has 1 fully saturated rings. The molecule has 1 saturated heterocycles. The lowest BCUT2D eigenvalue weighted by Crippen LogP contribution is -2.39. The molecule has 1 aliphatic rings. The number of anilines is 2. The van der Waals surface area contributed by atoms with Gasteiger partial charge in [-0.25, -0.2) is 9.37 Å². The lowest BCUT2D eigenvalue weighted by atomic mass is 9.96. The summed E-state index contributed by atoms with van der Waals surface area (Å²) in [6.07, 6.45) is -3.27. The number of thiazole rings is 1. The second-order valence-corrected chi connectivity index (χ2v) is 9.53. The van der Waals surface area contributed by atoms with E-state index < -0.39 is 22.7 Å². The van der Waals surface area contributed by atoms with Crippen molar-refractivity contribution < 1.29 is 22.4 Å². The molecule has 7 nitrogen and oxygen atoms in total. The predicted molar refractivity (Wildman–Crippen MR) is 126 cm³/mol. The van der Waals surface area contributed by atoms with Crippen molar-refractivity contribution in [3.8, 4) is 11.3 Å². The number of piperidine rings is 1. The Bertz CT molecular complexity index is 1220. The van der Waals surface area contributed by atoms with Crippen molar-refractivity contribution in [3.63, 3.8) is 0 Å². The Labute approximate surface area is 203 Å². The molecule has 0 spiro atoms. The Balaban J connectivity index is 1.37. The molecule has 12 heteroatoms. The molecule has 0 radical (unpaired) electrons. The molecule has 3 aromatic rings. The first-order chi connectivity index (χ1) is 16.5. The number of nitrogens with zero attached hydrogens (tertiary/aromatic N) is 4.